The number of allylic oxidation sites excluding steroid dienone is 6. The topological polar surface area (TPSA) is 95.9 Å². The number of aliphatic hydroxyl groups excluding tert-OH is 2. The molecule has 0 saturated heterocycles. The first-order valence-electron chi connectivity index (χ1n) is 25.2. The summed E-state index contributed by atoms with van der Waals surface area (Å²) in [7, 11) is 0. The van der Waals surface area contributed by atoms with Crippen molar-refractivity contribution in [3.8, 4) is 0 Å². The second-order valence-corrected chi connectivity index (χ2v) is 17.2. The third-order valence-corrected chi connectivity index (χ3v) is 11.5. The lowest BCUT2D eigenvalue weighted by Gasteiger charge is -2.24. The lowest BCUT2D eigenvalue weighted by molar-refractivity contribution is -0.151. The van der Waals surface area contributed by atoms with Crippen molar-refractivity contribution in [3.05, 3.63) is 36.5 Å². The molecule has 0 radical (unpaired) electrons. The minimum atomic E-state index is -0.794. The number of hydrogen-bond acceptors (Lipinski definition) is 5. The van der Waals surface area contributed by atoms with Crippen LogP contribution in [-0.4, -0.2) is 46.9 Å². The summed E-state index contributed by atoms with van der Waals surface area (Å²) in [6.45, 7) is 6.45. The number of aliphatic hydroxyl groups is 2. The normalized spacial score (nSPS) is 13.5. The molecule has 0 aliphatic rings. The van der Waals surface area contributed by atoms with Crippen LogP contribution in [0.2, 0.25) is 0 Å². The Morgan fingerprint density at radius 3 is 1.34 bits per heavy atom. The Morgan fingerprint density at radius 1 is 0.500 bits per heavy atom. The number of amides is 1. The Balaban J connectivity index is 4.66. The summed E-state index contributed by atoms with van der Waals surface area (Å²) in [5, 5.41) is 23.7. The average Bonchev–Trinajstić information content (AvgIpc) is 3.22. The van der Waals surface area contributed by atoms with Gasteiger partial charge in [0, 0.05) is 6.42 Å². The van der Waals surface area contributed by atoms with E-state index in [2.05, 4.69) is 62.5 Å². The molecule has 0 saturated carbocycles. The van der Waals surface area contributed by atoms with Crippen LogP contribution in [0.5, 0.6) is 0 Å². The highest BCUT2D eigenvalue weighted by atomic mass is 16.5. The van der Waals surface area contributed by atoms with Crippen LogP contribution in [0.15, 0.2) is 36.5 Å². The molecule has 58 heavy (non-hydrogen) atoms. The van der Waals surface area contributed by atoms with Gasteiger partial charge in [0.15, 0.2) is 0 Å². The summed E-state index contributed by atoms with van der Waals surface area (Å²) in [5.41, 5.74) is 0. The van der Waals surface area contributed by atoms with E-state index in [1.807, 2.05) is 0 Å². The number of rotatable bonds is 45. The summed E-state index contributed by atoms with van der Waals surface area (Å²) in [6.07, 6.45) is 53.5. The smallest absolute Gasteiger partial charge is 0.306 e. The van der Waals surface area contributed by atoms with Crippen LogP contribution in [0.4, 0.5) is 0 Å². The van der Waals surface area contributed by atoms with Gasteiger partial charge in [0.05, 0.1) is 25.2 Å². The van der Waals surface area contributed by atoms with Gasteiger partial charge in [0.2, 0.25) is 5.91 Å². The monoisotopic (exact) mass is 816 g/mol. The maximum atomic E-state index is 13.2. The molecule has 6 nitrogen and oxygen atoms in total. The van der Waals surface area contributed by atoms with Gasteiger partial charge in [-0.15, -0.1) is 0 Å². The molecule has 0 fully saturated rings. The fourth-order valence-electron chi connectivity index (χ4n) is 7.59. The fourth-order valence-corrected chi connectivity index (χ4v) is 7.59. The molecule has 0 spiro atoms. The second kappa shape index (κ2) is 46.2. The quantitative estimate of drug-likeness (QED) is 0.0246. The zero-order valence-corrected chi connectivity index (χ0v) is 38.7. The molecule has 3 N–H and O–H groups in total. The first-order valence-corrected chi connectivity index (χ1v) is 25.2. The van der Waals surface area contributed by atoms with Crippen LogP contribution in [0.1, 0.15) is 258 Å². The van der Waals surface area contributed by atoms with E-state index < -0.39 is 18.2 Å². The number of carbonyl (C=O) groups is 2. The summed E-state index contributed by atoms with van der Waals surface area (Å²) in [6, 6.07) is -0.710. The predicted octanol–water partition coefficient (Wildman–Crippen LogP) is 14.9. The first-order chi connectivity index (χ1) is 28.5. The maximum Gasteiger partial charge on any atom is 0.306 e. The minimum Gasteiger partial charge on any atom is -0.462 e. The molecule has 340 valence electrons. The van der Waals surface area contributed by atoms with Crippen molar-refractivity contribution in [2.24, 2.45) is 0 Å². The van der Waals surface area contributed by atoms with E-state index in [9.17, 15) is 19.8 Å². The van der Waals surface area contributed by atoms with Gasteiger partial charge in [-0.25, -0.2) is 0 Å². The van der Waals surface area contributed by atoms with Crippen molar-refractivity contribution in [2.75, 3.05) is 6.61 Å². The van der Waals surface area contributed by atoms with Gasteiger partial charge in [0.25, 0.3) is 0 Å². The van der Waals surface area contributed by atoms with E-state index in [-0.39, 0.29) is 24.9 Å². The summed E-state index contributed by atoms with van der Waals surface area (Å²) in [5.74, 6) is -0.514. The van der Waals surface area contributed by atoms with Gasteiger partial charge in [-0.2, -0.15) is 0 Å². The van der Waals surface area contributed by atoms with Crippen molar-refractivity contribution in [3.63, 3.8) is 0 Å². The van der Waals surface area contributed by atoms with Gasteiger partial charge >= 0.3 is 5.97 Å². The van der Waals surface area contributed by atoms with Crippen LogP contribution >= 0.6 is 0 Å². The Kier molecular flexibility index (Phi) is 44.6. The molecule has 3 atom stereocenters. The predicted molar refractivity (Wildman–Crippen MR) is 250 cm³/mol. The van der Waals surface area contributed by atoms with Crippen molar-refractivity contribution < 1.29 is 24.5 Å². The van der Waals surface area contributed by atoms with Gasteiger partial charge in [0.1, 0.15) is 6.10 Å². The van der Waals surface area contributed by atoms with Crippen LogP contribution < -0.4 is 5.32 Å². The summed E-state index contributed by atoms with van der Waals surface area (Å²) < 4.78 is 5.91. The number of carbonyl (C=O) groups excluding carboxylic acids is 2. The second-order valence-electron chi connectivity index (χ2n) is 17.2. The van der Waals surface area contributed by atoms with Gasteiger partial charge in [-0.05, 0) is 77.0 Å². The lowest BCUT2D eigenvalue weighted by atomic mass is 10.0. The van der Waals surface area contributed by atoms with Crippen LogP contribution in [0, 0.1) is 0 Å². The Labute approximate surface area is 360 Å². The molecule has 0 aromatic carbocycles. The fraction of sp³-hybridized carbons (Fsp3) is 0.846. The molecule has 6 heteroatoms. The number of ether oxygens (including phenoxy) is 1. The Hall–Kier alpha value is -1.92. The number of unbranched alkanes of at least 4 members (excludes halogenated alkanes) is 28. The number of esters is 1. The summed E-state index contributed by atoms with van der Waals surface area (Å²) >= 11 is 0. The van der Waals surface area contributed by atoms with E-state index in [1.54, 1.807) is 0 Å². The van der Waals surface area contributed by atoms with E-state index in [0.29, 0.717) is 19.3 Å². The molecule has 0 aliphatic carbocycles. The maximum absolute atomic E-state index is 13.2. The van der Waals surface area contributed by atoms with Crippen molar-refractivity contribution >= 4 is 11.9 Å². The standard InChI is InChI=1S/C52H97NO5/c1-4-7-10-13-16-19-22-24-25-26-28-29-31-34-37-40-43-48(58-52(57)45-42-39-36-33-30-27-23-20-17-14-11-8-5-2)46-51(56)53-49(47-54)50(55)44-41-38-35-32-21-18-15-12-9-6-3/h25-30,48-50,54-55H,4-24,31-47H2,1-3H3,(H,53,56)/b26-25+,29-28+,30-27-. The SMILES string of the molecule is CCCCCCCC/C=C\CCCCCC(=O)OC(CCCCC/C=C/C=C/CCCCCCCCC)CC(=O)NC(CO)C(O)CCCCCCCCCCCC. The molecule has 3 unspecified atom stereocenters. The third kappa shape index (κ3) is 40.8. The number of nitrogens with one attached hydrogen (secondary N) is 1. The van der Waals surface area contributed by atoms with E-state index in [1.165, 1.54) is 128 Å². The highest BCUT2D eigenvalue weighted by Gasteiger charge is 2.24. The van der Waals surface area contributed by atoms with Gasteiger partial charge in [-0.1, -0.05) is 205 Å². The molecule has 0 rings (SSSR count). The summed E-state index contributed by atoms with van der Waals surface area (Å²) in [4.78, 5) is 26.1. The van der Waals surface area contributed by atoms with Crippen LogP contribution in [-0.2, 0) is 14.3 Å². The molecule has 1 amide bonds. The van der Waals surface area contributed by atoms with E-state index in [4.69, 9.17) is 4.74 Å². The first kappa shape index (κ1) is 56.1. The Morgan fingerprint density at radius 2 is 0.879 bits per heavy atom. The van der Waals surface area contributed by atoms with Gasteiger partial charge in [-0.3, -0.25) is 9.59 Å². The Bertz CT molecular complexity index is 961. The van der Waals surface area contributed by atoms with Gasteiger partial charge < -0.3 is 20.3 Å². The van der Waals surface area contributed by atoms with E-state index in [0.717, 1.165) is 83.5 Å². The van der Waals surface area contributed by atoms with Crippen molar-refractivity contribution in [1.29, 1.82) is 0 Å². The van der Waals surface area contributed by atoms with E-state index >= 15 is 0 Å². The zero-order valence-electron chi connectivity index (χ0n) is 38.7. The largest absolute Gasteiger partial charge is 0.462 e. The molecule has 0 aliphatic heterocycles. The zero-order chi connectivity index (χ0) is 42.4. The van der Waals surface area contributed by atoms with Crippen LogP contribution in [0.25, 0.3) is 0 Å². The molecule has 0 aromatic rings. The molecular formula is C52H97NO5. The minimum absolute atomic E-state index is 0.0556. The van der Waals surface area contributed by atoms with Crippen molar-refractivity contribution in [2.45, 2.75) is 277 Å². The molecule has 0 bridgehead atoms. The van der Waals surface area contributed by atoms with Crippen LogP contribution in [0.3, 0.4) is 0 Å². The highest BCUT2D eigenvalue weighted by molar-refractivity contribution is 5.77. The molecule has 0 aromatic heterocycles. The van der Waals surface area contributed by atoms with Crippen molar-refractivity contribution in [1.82, 2.24) is 5.32 Å². The third-order valence-electron chi connectivity index (χ3n) is 11.5. The highest BCUT2D eigenvalue weighted by Crippen LogP contribution is 2.17. The molecule has 0 heterocycles. The average molecular weight is 816 g/mol. The number of hydrogen-bond donors (Lipinski definition) is 3. The lowest BCUT2D eigenvalue weighted by Crippen LogP contribution is -2.46. The molecular weight excluding hydrogens is 719 g/mol.